The Morgan fingerprint density at radius 1 is 1.12 bits per heavy atom. The van der Waals surface area contributed by atoms with Gasteiger partial charge in [-0.3, -0.25) is 4.79 Å². The maximum absolute atomic E-state index is 12.7. The summed E-state index contributed by atoms with van der Waals surface area (Å²) in [4.78, 5) is 23.4. The molecule has 0 heterocycles. The fourth-order valence-electron chi connectivity index (χ4n) is 2.14. The van der Waals surface area contributed by atoms with Crippen molar-refractivity contribution in [2.75, 3.05) is 18.2 Å². The van der Waals surface area contributed by atoms with Crippen LogP contribution in [0.15, 0.2) is 48.5 Å². The van der Waals surface area contributed by atoms with Crippen molar-refractivity contribution in [1.29, 1.82) is 0 Å². The summed E-state index contributed by atoms with van der Waals surface area (Å²) in [5, 5.41) is 2.45. The lowest BCUT2D eigenvalue weighted by Gasteiger charge is -2.10. The van der Waals surface area contributed by atoms with Crippen molar-refractivity contribution in [2.24, 2.45) is 0 Å². The first kappa shape index (κ1) is 19.8. The molecule has 0 aliphatic rings. The van der Waals surface area contributed by atoms with Gasteiger partial charge in [-0.25, -0.2) is 4.79 Å². The molecule has 0 saturated heterocycles. The molecule has 0 aromatic heterocycles. The molecule has 0 radical (unpaired) electrons. The summed E-state index contributed by atoms with van der Waals surface area (Å²) in [5.74, 6) is -0.308. The van der Waals surface area contributed by atoms with Crippen LogP contribution in [0, 0.1) is 0 Å². The van der Waals surface area contributed by atoms with Crippen LogP contribution in [0.4, 0.5) is 18.9 Å². The number of anilines is 1. The lowest BCUT2D eigenvalue weighted by molar-refractivity contribution is -0.137. The number of carbonyl (C=O) groups excluding carboxylic acids is 2. The number of thioether (sulfide) groups is 1. The van der Waals surface area contributed by atoms with Crippen LogP contribution < -0.4 is 5.32 Å². The summed E-state index contributed by atoms with van der Waals surface area (Å²) in [7, 11) is 1.29. The molecular weight excluding hydrogens is 367 g/mol. The lowest BCUT2D eigenvalue weighted by Crippen LogP contribution is -2.15. The van der Waals surface area contributed by atoms with E-state index in [0.29, 0.717) is 11.3 Å². The molecule has 1 N–H and O–H groups in total. The monoisotopic (exact) mass is 383 g/mol. The molecule has 0 aliphatic carbocycles. The van der Waals surface area contributed by atoms with E-state index < -0.39 is 23.6 Å². The highest BCUT2D eigenvalue weighted by Gasteiger charge is 2.30. The number of halogens is 3. The van der Waals surface area contributed by atoms with Crippen LogP contribution in [0.5, 0.6) is 0 Å². The van der Waals surface area contributed by atoms with Gasteiger partial charge in [0.15, 0.2) is 0 Å². The number of rotatable bonds is 6. The van der Waals surface area contributed by atoms with Gasteiger partial charge in [0.25, 0.3) is 0 Å². The Bertz CT molecular complexity index is 793. The van der Waals surface area contributed by atoms with Gasteiger partial charge in [-0.2, -0.15) is 13.2 Å². The maximum Gasteiger partial charge on any atom is 0.416 e. The number of methoxy groups -OCH3 is 1. The molecule has 2 aromatic carbocycles. The Morgan fingerprint density at radius 3 is 2.54 bits per heavy atom. The molecule has 2 aromatic rings. The van der Waals surface area contributed by atoms with Crippen LogP contribution in [0.3, 0.4) is 0 Å². The van der Waals surface area contributed by atoms with E-state index in [4.69, 9.17) is 0 Å². The van der Waals surface area contributed by atoms with Crippen LogP contribution in [-0.4, -0.2) is 24.7 Å². The summed E-state index contributed by atoms with van der Waals surface area (Å²) in [6.07, 6.45) is -4.46. The second-order valence-electron chi connectivity index (χ2n) is 5.31. The van der Waals surface area contributed by atoms with Crippen molar-refractivity contribution in [3.05, 3.63) is 65.2 Å². The average molecular weight is 383 g/mol. The molecule has 138 valence electrons. The van der Waals surface area contributed by atoms with E-state index in [2.05, 4.69) is 10.1 Å². The number of hydrogen-bond donors (Lipinski definition) is 1. The van der Waals surface area contributed by atoms with E-state index in [-0.39, 0.29) is 11.4 Å². The summed E-state index contributed by atoms with van der Waals surface area (Å²) in [5.41, 5.74) is 0.532. The van der Waals surface area contributed by atoms with Gasteiger partial charge < -0.3 is 10.1 Å². The largest absolute Gasteiger partial charge is 0.465 e. The van der Waals surface area contributed by atoms with Crippen molar-refractivity contribution in [3.63, 3.8) is 0 Å². The number of benzene rings is 2. The normalized spacial score (nSPS) is 11.1. The predicted octanol–water partition coefficient (Wildman–Crippen LogP) is 4.36. The summed E-state index contributed by atoms with van der Waals surface area (Å²) in [6, 6.07) is 11.3. The molecule has 0 spiro atoms. The van der Waals surface area contributed by atoms with Crippen LogP contribution in [0.25, 0.3) is 0 Å². The topological polar surface area (TPSA) is 55.4 Å². The molecule has 0 atom stereocenters. The number of amides is 1. The lowest BCUT2D eigenvalue weighted by atomic mass is 10.1. The average Bonchev–Trinajstić information content (AvgIpc) is 2.61. The smallest absolute Gasteiger partial charge is 0.416 e. The quantitative estimate of drug-likeness (QED) is 0.753. The van der Waals surface area contributed by atoms with Crippen molar-refractivity contribution >= 4 is 29.3 Å². The van der Waals surface area contributed by atoms with Gasteiger partial charge in [0.1, 0.15) is 0 Å². The summed E-state index contributed by atoms with van der Waals surface area (Å²) in [6.45, 7) is 0. The molecule has 0 bridgehead atoms. The predicted molar refractivity (Wildman–Crippen MR) is 94.0 cm³/mol. The molecule has 0 saturated carbocycles. The van der Waals surface area contributed by atoms with E-state index in [1.165, 1.54) is 31.0 Å². The van der Waals surface area contributed by atoms with Gasteiger partial charge in [-0.15, -0.1) is 11.8 Å². The van der Waals surface area contributed by atoms with E-state index in [1.807, 2.05) is 6.07 Å². The minimum Gasteiger partial charge on any atom is -0.465 e. The van der Waals surface area contributed by atoms with Gasteiger partial charge >= 0.3 is 12.1 Å². The third-order valence-corrected chi connectivity index (χ3v) is 4.33. The molecule has 4 nitrogen and oxygen atoms in total. The number of alkyl halides is 3. The van der Waals surface area contributed by atoms with Crippen molar-refractivity contribution in [1.82, 2.24) is 0 Å². The SMILES string of the molecule is COC(=O)c1cccc(CSCC(=O)Nc2cccc(C(F)(F)F)c2)c1. The third kappa shape index (κ3) is 5.80. The zero-order valence-corrected chi connectivity index (χ0v) is 14.6. The van der Waals surface area contributed by atoms with Crippen molar-refractivity contribution in [3.8, 4) is 0 Å². The number of hydrogen-bond acceptors (Lipinski definition) is 4. The number of nitrogens with one attached hydrogen (secondary N) is 1. The summed E-state index contributed by atoms with van der Waals surface area (Å²) < 4.78 is 42.6. The third-order valence-electron chi connectivity index (χ3n) is 3.32. The van der Waals surface area contributed by atoms with Gasteiger partial charge in [0.2, 0.25) is 5.91 Å². The zero-order chi connectivity index (χ0) is 19.2. The molecule has 0 aliphatic heterocycles. The standard InChI is InChI=1S/C18H16F3NO3S/c1-25-17(24)13-5-2-4-12(8-13)10-26-11-16(23)22-15-7-3-6-14(9-15)18(19,20)21/h2-9H,10-11H2,1H3,(H,22,23). The fraction of sp³-hybridized carbons (Fsp3) is 0.222. The Labute approximate surface area is 152 Å². The van der Waals surface area contributed by atoms with Crippen LogP contribution in [0.2, 0.25) is 0 Å². The Morgan fingerprint density at radius 2 is 1.85 bits per heavy atom. The maximum atomic E-state index is 12.7. The van der Waals surface area contributed by atoms with Gasteiger partial charge in [0.05, 0.1) is 24.0 Å². The highest BCUT2D eigenvalue weighted by atomic mass is 32.2. The van der Waals surface area contributed by atoms with Crippen LogP contribution >= 0.6 is 11.8 Å². The first-order valence-electron chi connectivity index (χ1n) is 7.51. The Balaban J connectivity index is 1.87. The molecule has 1 amide bonds. The van der Waals surface area contributed by atoms with E-state index >= 15 is 0 Å². The molecular formula is C18H16F3NO3S. The van der Waals surface area contributed by atoms with Crippen LogP contribution in [-0.2, 0) is 21.5 Å². The molecule has 2 rings (SSSR count). The first-order chi connectivity index (χ1) is 12.3. The van der Waals surface area contributed by atoms with E-state index in [0.717, 1.165) is 17.7 Å². The van der Waals surface area contributed by atoms with Gasteiger partial charge in [-0.05, 0) is 35.9 Å². The van der Waals surface area contributed by atoms with Crippen molar-refractivity contribution < 1.29 is 27.5 Å². The van der Waals surface area contributed by atoms with Gasteiger partial charge in [-0.1, -0.05) is 18.2 Å². The molecule has 0 unspecified atom stereocenters. The van der Waals surface area contributed by atoms with E-state index in [9.17, 15) is 22.8 Å². The van der Waals surface area contributed by atoms with E-state index in [1.54, 1.807) is 18.2 Å². The second-order valence-corrected chi connectivity index (χ2v) is 6.30. The first-order valence-corrected chi connectivity index (χ1v) is 8.67. The fourth-order valence-corrected chi connectivity index (χ4v) is 2.91. The number of carbonyl (C=O) groups is 2. The summed E-state index contributed by atoms with van der Waals surface area (Å²) >= 11 is 1.29. The minimum absolute atomic E-state index is 0.0682. The van der Waals surface area contributed by atoms with Crippen molar-refractivity contribution in [2.45, 2.75) is 11.9 Å². The number of esters is 1. The highest BCUT2D eigenvalue weighted by Crippen LogP contribution is 2.30. The number of ether oxygens (including phenoxy) is 1. The minimum atomic E-state index is -4.46. The van der Waals surface area contributed by atoms with Crippen LogP contribution in [0.1, 0.15) is 21.5 Å². The molecule has 8 heteroatoms. The second kappa shape index (κ2) is 8.75. The highest BCUT2D eigenvalue weighted by molar-refractivity contribution is 7.99. The Hall–Kier alpha value is -2.48. The molecule has 26 heavy (non-hydrogen) atoms. The molecule has 0 fully saturated rings. The zero-order valence-electron chi connectivity index (χ0n) is 13.8. The van der Waals surface area contributed by atoms with Gasteiger partial charge in [0, 0.05) is 11.4 Å². The Kier molecular flexibility index (Phi) is 6.68.